The molecule has 26 heavy (non-hydrogen) atoms. The minimum Gasteiger partial charge on any atom is -0.484 e. The number of hydrogen-bond donors (Lipinski definition) is 2. The Labute approximate surface area is 152 Å². The molecule has 0 unspecified atom stereocenters. The number of para-hydroxylation sites is 1. The number of primary amides is 2. The monoisotopic (exact) mass is 353 g/mol. The van der Waals surface area contributed by atoms with Crippen molar-refractivity contribution in [3.05, 3.63) is 59.7 Å². The molecule has 0 saturated heterocycles. The Morgan fingerprint density at radius 2 is 1.92 bits per heavy atom. The van der Waals surface area contributed by atoms with Crippen molar-refractivity contribution in [2.45, 2.75) is 31.8 Å². The Bertz CT molecular complexity index is 821. The molecular weight excluding hydrogens is 330 g/mol. The van der Waals surface area contributed by atoms with E-state index in [1.54, 1.807) is 6.07 Å². The molecule has 1 aliphatic heterocycles. The normalized spacial score (nSPS) is 18.9. The molecule has 0 aromatic heterocycles. The third kappa shape index (κ3) is 3.79. The van der Waals surface area contributed by atoms with Gasteiger partial charge in [-0.1, -0.05) is 30.3 Å². The van der Waals surface area contributed by atoms with Gasteiger partial charge in [-0.3, -0.25) is 9.59 Å². The average Bonchev–Trinajstić information content (AvgIpc) is 2.62. The predicted molar refractivity (Wildman–Crippen MR) is 99.8 cm³/mol. The number of nitrogens with zero attached hydrogens (tertiary/aromatic N) is 1. The molecule has 2 atom stereocenters. The fourth-order valence-corrected chi connectivity index (χ4v) is 3.47. The molecule has 0 aliphatic carbocycles. The van der Waals surface area contributed by atoms with Crippen molar-refractivity contribution in [3.63, 3.8) is 0 Å². The molecule has 0 fully saturated rings. The van der Waals surface area contributed by atoms with E-state index in [1.807, 2.05) is 42.5 Å². The third-order valence-electron chi connectivity index (χ3n) is 4.71. The molecule has 0 bridgehead atoms. The molecule has 2 amide bonds. The van der Waals surface area contributed by atoms with Gasteiger partial charge in [-0.2, -0.15) is 0 Å². The Balaban J connectivity index is 1.85. The Morgan fingerprint density at radius 3 is 2.65 bits per heavy atom. The van der Waals surface area contributed by atoms with E-state index in [1.165, 1.54) is 0 Å². The van der Waals surface area contributed by atoms with Crippen molar-refractivity contribution in [3.8, 4) is 5.75 Å². The molecule has 4 N–H and O–H groups in total. The van der Waals surface area contributed by atoms with Gasteiger partial charge in [-0.25, -0.2) is 0 Å². The lowest BCUT2D eigenvalue weighted by atomic mass is 9.85. The highest BCUT2D eigenvalue weighted by Crippen LogP contribution is 2.39. The molecule has 6 heteroatoms. The number of anilines is 1. The molecule has 0 radical (unpaired) electrons. The van der Waals surface area contributed by atoms with Crippen LogP contribution in [0.2, 0.25) is 0 Å². The number of benzene rings is 2. The molecule has 1 heterocycles. The second-order valence-electron chi connectivity index (χ2n) is 6.63. The highest BCUT2D eigenvalue weighted by Gasteiger charge is 2.32. The summed E-state index contributed by atoms with van der Waals surface area (Å²) in [5, 5.41) is 0. The number of ether oxygens (including phenoxy) is 1. The fraction of sp³-hybridized carbons (Fsp3) is 0.300. The van der Waals surface area contributed by atoms with Crippen LogP contribution < -0.4 is 21.1 Å². The standard InChI is InChI=1S/C20H23N3O3/c1-13-9-17(20(22)25)16-7-2-3-8-18(16)23(13)11-14-5-4-6-15(10-14)26-12-19(21)24/h2-8,10,13,17H,9,11-12H2,1H3,(H2,21,24)(H2,22,25)/t13-,17+/m1/s1. The summed E-state index contributed by atoms with van der Waals surface area (Å²) in [5.74, 6) is -0.450. The van der Waals surface area contributed by atoms with Gasteiger partial charge in [-0.15, -0.1) is 0 Å². The maximum Gasteiger partial charge on any atom is 0.255 e. The van der Waals surface area contributed by atoms with Crippen LogP contribution in [0, 0.1) is 0 Å². The predicted octanol–water partition coefficient (Wildman–Crippen LogP) is 1.92. The molecule has 2 aromatic carbocycles. The topological polar surface area (TPSA) is 98.7 Å². The maximum absolute atomic E-state index is 11.8. The van der Waals surface area contributed by atoms with Crippen molar-refractivity contribution in [1.82, 2.24) is 0 Å². The lowest BCUT2D eigenvalue weighted by molar-refractivity contribution is -0.120. The lowest BCUT2D eigenvalue weighted by Gasteiger charge is -2.40. The summed E-state index contributed by atoms with van der Waals surface area (Å²) < 4.78 is 5.39. The van der Waals surface area contributed by atoms with E-state index in [2.05, 4.69) is 11.8 Å². The van der Waals surface area contributed by atoms with Crippen LogP contribution in [0.4, 0.5) is 5.69 Å². The number of carbonyl (C=O) groups is 2. The summed E-state index contributed by atoms with van der Waals surface area (Å²) in [4.78, 5) is 25.0. The number of carbonyl (C=O) groups excluding carboxylic acids is 2. The molecule has 1 aliphatic rings. The average molecular weight is 353 g/mol. The third-order valence-corrected chi connectivity index (χ3v) is 4.71. The van der Waals surface area contributed by atoms with Gasteiger partial charge in [-0.05, 0) is 42.7 Å². The molecule has 0 spiro atoms. The highest BCUT2D eigenvalue weighted by molar-refractivity contribution is 5.85. The molecule has 6 nitrogen and oxygen atoms in total. The first-order chi connectivity index (χ1) is 12.5. The van der Waals surface area contributed by atoms with E-state index in [4.69, 9.17) is 16.2 Å². The summed E-state index contributed by atoms with van der Waals surface area (Å²) in [7, 11) is 0. The SMILES string of the molecule is C[C@@H]1C[C@H](C(N)=O)c2ccccc2N1Cc1cccc(OCC(N)=O)c1. The van der Waals surface area contributed by atoms with Gasteiger partial charge in [0.25, 0.3) is 5.91 Å². The zero-order valence-electron chi connectivity index (χ0n) is 14.7. The van der Waals surface area contributed by atoms with E-state index in [9.17, 15) is 9.59 Å². The van der Waals surface area contributed by atoms with Gasteiger partial charge in [0.15, 0.2) is 6.61 Å². The van der Waals surface area contributed by atoms with E-state index in [0.717, 1.165) is 16.8 Å². The molecular formula is C20H23N3O3. The van der Waals surface area contributed by atoms with E-state index >= 15 is 0 Å². The lowest BCUT2D eigenvalue weighted by Crippen LogP contribution is -2.41. The summed E-state index contributed by atoms with van der Waals surface area (Å²) >= 11 is 0. The van der Waals surface area contributed by atoms with Crippen molar-refractivity contribution in [2.75, 3.05) is 11.5 Å². The van der Waals surface area contributed by atoms with Crippen LogP contribution in [-0.4, -0.2) is 24.5 Å². The van der Waals surface area contributed by atoms with Crippen LogP contribution in [0.3, 0.4) is 0 Å². The van der Waals surface area contributed by atoms with Gasteiger partial charge in [0, 0.05) is 18.3 Å². The van der Waals surface area contributed by atoms with E-state index in [0.29, 0.717) is 18.7 Å². The minimum absolute atomic E-state index is 0.146. The van der Waals surface area contributed by atoms with Crippen molar-refractivity contribution < 1.29 is 14.3 Å². The number of fused-ring (bicyclic) bond motifs is 1. The number of amides is 2. The van der Waals surface area contributed by atoms with Crippen LogP contribution in [0.1, 0.15) is 30.4 Å². The first-order valence-corrected chi connectivity index (χ1v) is 8.60. The second kappa shape index (κ2) is 7.47. The summed E-state index contributed by atoms with van der Waals surface area (Å²) in [6, 6.07) is 15.6. The summed E-state index contributed by atoms with van der Waals surface area (Å²) in [6.07, 6.45) is 0.685. The molecule has 3 rings (SSSR count). The van der Waals surface area contributed by atoms with E-state index < -0.39 is 5.91 Å². The van der Waals surface area contributed by atoms with Gasteiger partial charge >= 0.3 is 0 Å². The maximum atomic E-state index is 11.8. The molecule has 0 saturated carbocycles. The van der Waals surface area contributed by atoms with Gasteiger partial charge < -0.3 is 21.1 Å². The van der Waals surface area contributed by atoms with Gasteiger partial charge in [0.05, 0.1) is 5.92 Å². The van der Waals surface area contributed by atoms with Crippen molar-refractivity contribution >= 4 is 17.5 Å². The van der Waals surface area contributed by atoms with Gasteiger partial charge in [0.1, 0.15) is 5.75 Å². The van der Waals surface area contributed by atoms with Crippen LogP contribution >= 0.6 is 0 Å². The number of rotatable bonds is 6. The quantitative estimate of drug-likeness (QED) is 0.829. The van der Waals surface area contributed by atoms with E-state index in [-0.39, 0.29) is 24.5 Å². The Morgan fingerprint density at radius 1 is 1.15 bits per heavy atom. The Kier molecular flexibility index (Phi) is 5.11. The van der Waals surface area contributed by atoms with Crippen LogP contribution in [0.25, 0.3) is 0 Å². The molecule has 136 valence electrons. The van der Waals surface area contributed by atoms with Crippen LogP contribution in [0.5, 0.6) is 5.75 Å². The second-order valence-corrected chi connectivity index (χ2v) is 6.63. The summed E-state index contributed by atoms with van der Waals surface area (Å²) in [6.45, 7) is 2.61. The van der Waals surface area contributed by atoms with Crippen molar-refractivity contribution in [1.29, 1.82) is 0 Å². The van der Waals surface area contributed by atoms with Crippen molar-refractivity contribution in [2.24, 2.45) is 11.5 Å². The minimum atomic E-state index is -0.508. The fourth-order valence-electron chi connectivity index (χ4n) is 3.47. The number of hydrogen-bond acceptors (Lipinski definition) is 4. The zero-order chi connectivity index (χ0) is 18.7. The first-order valence-electron chi connectivity index (χ1n) is 8.60. The Hall–Kier alpha value is -3.02. The first kappa shape index (κ1) is 17.8. The smallest absolute Gasteiger partial charge is 0.255 e. The number of nitrogens with two attached hydrogens (primary N) is 2. The van der Waals surface area contributed by atoms with Crippen LogP contribution in [-0.2, 0) is 16.1 Å². The molecule has 2 aromatic rings. The largest absolute Gasteiger partial charge is 0.484 e. The zero-order valence-corrected chi connectivity index (χ0v) is 14.7. The van der Waals surface area contributed by atoms with Crippen LogP contribution in [0.15, 0.2) is 48.5 Å². The highest BCUT2D eigenvalue weighted by atomic mass is 16.5. The van der Waals surface area contributed by atoms with Gasteiger partial charge in [0.2, 0.25) is 5.91 Å². The summed E-state index contributed by atoms with van der Waals surface area (Å²) in [5.41, 5.74) is 13.8.